The summed E-state index contributed by atoms with van der Waals surface area (Å²) in [5, 5.41) is 13.9. The van der Waals surface area contributed by atoms with Crippen LogP contribution in [-0.2, 0) is 18.4 Å². The molecule has 0 saturated carbocycles. The standard InChI is InChI=1S/C55H99N2O6P/c1-6-8-10-12-14-16-18-20-22-23-24-25-26-27-28-29-30-31-32-33-35-37-39-41-43-45-47-49-55(59)56-53(52-63-64(60,61)62-51-50-57(3,4)5)54(58)48-46-44-42-40-38-36-34-21-19-17-15-13-11-9-7-2/h8,10,14,16,20,22,24-25,27-28,30-31,46,48,53-54,58H,6-7,9,11-13,15,17-19,21,23,26,29,32-45,47,49-52H2,1-5H3,(H-,56,59,60,61)/p+1/b10-8-,16-14-,22-20-,25-24-,28-27-,31-30-,48-46+. The molecule has 0 rings (SSSR count). The van der Waals surface area contributed by atoms with Gasteiger partial charge in [-0.15, -0.1) is 0 Å². The molecule has 0 spiro atoms. The Balaban J connectivity index is 4.29. The third kappa shape index (κ3) is 47.6. The first-order chi connectivity index (χ1) is 31.0. The molecular weight excluding hydrogens is 816 g/mol. The number of phosphoric acid groups is 1. The Labute approximate surface area is 395 Å². The van der Waals surface area contributed by atoms with E-state index < -0.39 is 20.0 Å². The smallest absolute Gasteiger partial charge is 0.387 e. The number of nitrogens with zero attached hydrogens (tertiary/aromatic N) is 1. The minimum atomic E-state index is -4.35. The van der Waals surface area contributed by atoms with E-state index >= 15 is 0 Å². The summed E-state index contributed by atoms with van der Waals surface area (Å²) in [4.78, 5) is 23.2. The average Bonchev–Trinajstić information content (AvgIpc) is 3.25. The highest BCUT2D eigenvalue weighted by Crippen LogP contribution is 2.43. The Morgan fingerprint density at radius 3 is 1.38 bits per heavy atom. The number of allylic oxidation sites excluding steroid dienone is 13. The molecule has 8 nitrogen and oxygen atoms in total. The number of aliphatic hydroxyl groups excluding tert-OH is 1. The van der Waals surface area contributed by atoms with Crippen molar-refractivity contribution in [1.29, 1.82) is 0 Å². The zero-order valence-corrected chi connectivity index (χ0v) is 42.9. The lowest BCUT2D eigenvalue weighted by molar-refractivity contribution is -0.870. The molecule has 3 atom stereocenters. The van der Waals surface area contributed by atoms with Crippen molar-refractivity contribution in [3.63, 3.8) is 0 Å². The quantitative estimate of drug-likeness (QED) is 0.0243. The van der Waals surface area contributed by atoms with Crippen LogP contribution in [0.25, 0.3) is 0 Å². The summed E-state index contributed by atoms with van der Waals surface area (Å²) in [7, 11) is 1.55. The van der Waals surface area contributed by atoms with Gasteiger partial charge in [-0.05, 0) is 70.6 Å². The lowest BCUT2D eigenvalue weighted by Crippen LogP contribution is -2.45. The number of aliphatic hydroxyl groups is 1. The molecule has 3 N–H and O–H groups in total. The van der Waals surface area contributed by atoms with Gasteiger partial charge < -0.3 is 19.8 Å². The maximum atomic E-state index is 12.9. The van der Waals surface area contributed by atoms with Crippen molar-refractivity contribution in [2.75, 3.05) is 40.9 Å². The van der Waals surface area contributed by atoms with Crippen molar-refractivity contribution in [1.82, 2.24) is 5.32 Å². The number of carbonyl (C=O) groups is 1. The predicted octanol–water partition coefficient (Wildman–Crippen LogP) is 15.3. The molecule has 3 unspecified atom stereocenters. The van der Waals surface area contributed by atoms with Crippen LogP contribution in [0.2, 0.25) is 0 Å². The maximum Gasteiger partial charge on any atom is 0.472 e. The fourth-order valence-corrected chi connectivity index (χ4v) is 7.78. The fraction of sp³-hybridized carbons (Fsp3) is 0.727. The number of quaternary nitrogens is 1. The van der Waals surface area contributed by atoms with Crippen LogP contribution in [0.1, 0.15) is 206 Å². The number of amides is 1. The number of carbonyl (C=O) groups excluding carboxylic acids is 1. The summed E-state index contributed by atoms with van der Waals surface area (Å²) in [6, 6.07) is -0.856. The van der Waals surface area contributed by atoms with Crippen molar-refractivity contribution in [3.05, 3.63) is 85.1 Å². The second kappa shape index (κ2) is 45.8. The van der Waals surface area contributed by atoms with Gasteiger partial charge in [-0.2, -0.15) is 0 Å². The molecule has 0 aromatic rings. The number of rotatable bonds is 46. The molecular formula is C55H100N2O6P+. The van der Waals surface area contributed by atoms with Crippen molar-refractivity contribution in [3.8, 4) is 0 Å². The minimum absolute atomic E-state index is 0.0558. The van der Waals surface area contributed by atoms with Crippen LogP contribution in [0, 0.1) is 0 Å². The van der Waals surface area contributed by atoms with E-state index in [0.29, 0.717) is 17.4 Å². The van der Waals surface area contributed by atoms with Crippen LogP contribution in [0.3, 0.4) is 0 Å². The molecule has 0 radical (unpaired) electrons. The Hall–Kier alpha value is -2.32. The van der Waals surface area contributed by atoms with Crippen LogP contribution in [-0.4, -0.2) is 73.4 Å². The zero-order valence-electron chi connectivity index (χ0n) is 42.0. The molecule has 0 saturated heterocycles. The van der Waals surface area contributed by atoms with Crippen molar-refractivity contribution < 1.29 is 32.9 Å². The lowest BCUT2D eigenvalue weighted by Gasteiger charge is -2.25. The van der Waals surface area contributed by atoms with Gasteiger partial charge in [-0.1, -0.05) is 214 Å². The normalized spacial score (nSPS) is 14.8. The molecule has 0 fully saturated rings. The van der Waals surface area contributed by atoms with Crippen LogP contribution in [0.4, 0.5) is 0 Å². The van der Waals surface area contributed by atoms with Gasteiger partial charge in [0.15, 0.2) is 0 Å². The molecule has 370 valence electrons. The molecule has 0 aromatic carbocycles. The Morgan fingerprint density at radius 1 is 0.547 bits per heavy atom. The number of hydrogen-bond donors (Lipinski definition) is 3. The molecule has 0 heterocycles. The SMILES string of the molecule is CC/C=C\C/C=C\C/C=C\C/C=C\C/C=C\C/C=C\CCCCCCCCCCC(=O)NC(COP(=O)(O)OCC[N+](C)(C)C)C(O)/C=C/CCCCCCCCCCCCCCC. The molecule has 9 heteroatoms. The minimum Gasteiger partial charge on any atom is -0.387 e. The fourth-order valence-electron chi connectivity index (χ4n) is 7.04. The van der Waals surface area contributed by atoms with Gasteiger partial charge in [0.05, 0.1) is 39.9 Å². The van der Waals surface area contributed by atoms with Gasteiger partial charge in [0.2, 0.25) is 5.91 Å². The number of hydrogen-bond acceptors (Lipinski definition) is 5. The van der Waals surface area contributed by atoms with E-state index in [-0.39, 0.29) is 19.1 Å². The molecule has 1 amide bonds. The summed E-state index contributed by atoms with van der Waals surface area (Å²) in [5.74, 6) is -0.189. The monoisotopic (exact) mass is 916 g/mol. The highest BCUT2D eigenvalue weighted by atomic mass is 31.2. The van der Waals surface area contributed by atoms with Gasteiger partial charge in [0.1, 0.15) is 13.2 Å². The molecule has 0 aliphatic heterocycles. The highest BCUT2D eigenvalue weighted by Gasteiger charge is 2.27. The third-order valence-corrected chi connectivity index (χ3v) is 12.1. The van der Waals surface area contributed by atoms with Crippen LogP contribution in [0.5, 0.6) is 0 Å². The molecule has 0 aromatic heterocycles. The van der Waals surface area contributed by atoms with Gasteiger partial charge in [-0.25, -0.2) is 4.57 Å². The molecule has 0 aliphatic rings. The van der Waals surface area contributed by atoms with Crippen molar-refractivity contribution >= 4 is 13.7 Å². The first kappa shape index (κ1) is 61.7. The first-order valence-corrected chi connectivity index (χ1v) is 27.5. The Kier molecular flexibility index (Phi) is 44.2. The predicted molar refractivity (Wildman–Crippen MR) is 276 cm³/mol. The number of likely N-dealkylation sites (N-methyl/N-ethyl adjacent to an activating group) is 1. The van der Waals surface area contributed by atoms with Gasteiger partial charge >= 0.3 is 7.82 Å². The number of phosphoric ester groups is 1. The average molecular weight is 916 g/mol. The van der Waals surface area contributed by atoms with Crippen LogP contribution >= 0.6 is 7.82 Å². The third-order valence-electron chi connectivity index (χ3n) is 11.1. The summed E-state index contributed by atoms with van der Waals surface area (Å²) in [5.41, 5.74) is 0. The van der Waals surface area contributed by atoms with E-state index in [1.165, 1.54) is 103 Å². The summed E-state index contributed by atoms with van der Waals surface area (Å²) in [6.07, 6.45) is 63.7. The van der Waals surface area contributed by atoms with E-state index in [0.717, 1.165) is 83.5 Å². The van der Waals surface area contributed by atoms with Crippen LogP contribution in [0.15, 0.2) is 85.1 Å². The van der Waals surface area contributed by atoms with Crippen molar-refractivity contribution in [2.45, 2.75) is 219 Å². The largest absolute Gasteiger partial charge is 0.472 e. The maximum absolute atomic E-state index is 12.9. The highest BCUT2D eigenvalue weighted by molar-refractivity contribution is 7.47. The lowest BCUT2D eigenvalue weighted by atomic mass is 10.0. The van der Waals surface area contributed by atoms with Crippen molar-refractivity contribution in [2.24, 2.45) is 0 Å². The topological polar surface area (TPSA) is 105 Å². The summed E-state index contributed by atoms with van der Waals surface area (Å²) in [6.45, 7) is 4.69. The number of nitrogens with one attached hydrogen (secondary N) is 1. The van der Waals surface area contributed by atoms with E-state index in [2.05, 4.69) is 92.1 Å². The molecule has 0 aliphatic carbocycles. The van der Waals surface area contributed by atoms with E-state index in [4.69, 9.17) is 9.05 Å². The Bertz CT molecular complexity index is 1310. The van der Waals surface area contributed by atoms with Gasteiger partial charge in [0.25, 0.3) is 0 Å². The van der Waals surface area contributed by atoms with Gasteiger partial charge in [-0.3, -0.25) is 13.8 Å². The van der Waals surface area contributed by atoms with E-state index in [1.807, 2.05) is 27.2 Å². The van der Waals surface area contributed by atoms with Crippen LogP contribution < -0.4 is 5.32 Å². The molecule has 0 bridgehead atoms. The summed E-state index contributed by atoms with van der Waals surface area (Å²) < 4.78 is 23.6. The second-order valence-corrected chi connectivity index (χ2v) is 20.0. The second-order valence-electron chi connectivity index (χ2n) is 18.5. The van der Waals surface area contributed by atoms with E-state index in [9.17, 15) is 19.4 Å². The van der Waals surface area contributed by atoms with Gasteiger partial charge in [0, 0.05) is 6.42 Å². The zero-order chi connectivity index (χ0) is 47.1. The molecule has 64 heavy (non-hydrogen) atoms. The number of unbranched alkanes of at least 4 members (excludes halogenated alkanes) is 21. The first-order valence-electron chi connectivity index (χ1n) is 26.0. The van der Waals surface area contributed by atoms with E-state index in [1.54, 1.807) is 6.08 Å². The summed E-state index contributed by atoms with van der Waals surface area (Å²) >= 11 is 0. The Morgan fingerprint density at radius 2 is 0.938 bits per heavy atom.